The van der Waals surface area contributed by atoms with Crippen LogP contribution in [0.5, 0.6) is 5.75 Å². The van der Waals surface area contributed by atoms with Gasteiger partial charge in [0, 0.05) is 12.6 Å². The van der Waals surface area contributed by atoms with Crippen LogP contribution >= 0.6 is 12.4 Å². The molecule has 6 heteroatoms. The van der Waals surface area contributed by atoms with Gasteiger partial charge >= 0.3 is 5.97 Å². The van der Waals surface area contributed by atoms with Gasteiger partial charge in [0.15, 0.2) is 0 Å². The number of hydrogen-bond donors (Lipinski definition) is 1. The number of carbonyl (C=O) groups is 1. The number of hydrogen-bond acceptors (Lipinski definition) is 5. The van der Waals surface area contributed by atoms with E-state index in [0.29, 0.717) is 11.8 Å². The zero-order valence-corrected chi connectivity index (χ0v) is 10.5. The number of nitrogens with zero attached hydrogens (tertiary/aromatic N) is 1. The van der Waals surface area contributed by atoms with Crippen molar-refractivity contribution in [3.63, 3.8) is 0 Å². The normalized spacial score (nSPS) is 22.0. The maximum Gasteiger partial charge on any atom is 0.356 e. The highest BCUT2D eigenvalue weighted by Gasteiger charge is 2.27. The van der Waals surface area contributed by atoms with Gasteiger partial charge in [0.2, 0.25) is 0 Å². The van der Waals surface area contributed by atoms with Crippen LogP contribution in [0.4, 0.5) is 0 Å². The Morgan fingerprint density at radius 3 is 2.71 bits per heavy atom. The Morgan fingerprint density at radius 1 is 1.53 bits per heavy atom. The molecule has 17 heavy (non-hydrogen) atoms. The van der Waals surface area contributed by atoms with Gasteiger partial charge < -0.3 is 14.8 Å². The molecule has 0 aromatic carbocycles. The standard InChI is InChI=1S/C11H14N2O3.ClH/c1-7-10(6-12-7)16-8-3-4-9(13-5-8)11(14)15-2;/h3-5,7,10,12H,6H2,1-2H3;1H/t7-,10+;/m1./s1. The number of methoxy groups -OCH3 is 1. The summed E-state index contributed by atoms with van der Waals surface area (Å²) in [5.74, 6) is 0.233. The predicted molar refractivity (Wildman–Crippen MR) is 64.7 cm³/mol. The van der Waals surface area contributed by atoms with Gasteiger partial charge in [0.1, 0.15) is 17.5 Å². The lowest BCUT2D eigenvalue weighted by Gasteiger charge is -2.35. The van der Waals surface area contributed by atoms with Crippen LogP contribution < -0.4 is 10.1 Å². The van der Waals surface area contributed by atoms with Crippen molar-refractivity contribution < 1.29 is 14.3 Å². The van der Waals surface area contributed by atoms with E-state index in [2.05, 4.69) is 22.0 Å². The molecule has 1 fully saturated rings. The lowest BCUT2D eigenvalue weighted by molar-refractivity contribution is 0.0593. The van der Waals surface area contributed by atoms with E-state index >= 15 is 0 Å². The van der Waals surface area contributed by atoms with Crippen molar-refractivity contribution >= 4 is 18.4 Å². The highest BCUT2D eigenvalue weighted by atomic mass is 35.5. The van der Waals surface area contributed by atoms with Crippen LogP contribution in [0.2, 0.25) is 0 Å². The third-order valence-electron chi connectivity index (χ3n) is 2.62. The molecule has 0 saturated carbocycles. The van der Waals surface area contributed by atoms with Crippen molar-refractivity contribution in [1.29, 1.82) is 0 Å². The van der Waals surface area contributed by atoms with Gasteiger partial charge in [-0.2, -0.15) is 0 Å². The van der Waals surface area contributed by atoms with Crippen LogP contribution in [-0.4, -0.2) is 36.8 Å². The molecule has 0 radical (unpaired) electrons. The van der Waals surface area contributed by atoms with Crippen molar-refractivity contribution in [2.24, 2.45) is 0 Å². The van der Waals surface area contributed by atoms with Gasteiger partial charge in [-0.15, -0.1) is 12.4 Å². The van der Waals surface area contributed by atoms with Crippen molar-refractivity contribution in [3.05, 3.63) is 24.0 Å². The highest BCUT2D eigenvalue weighted by Crippen LogP contribution is 2.16. The Labute approximate surface area is 106 Å². The number of nitrogens with one attached hydrogen (secondary N) is 1. The number of carbonyl (C=O) groups excluding carboxylic acids is 1. The van der Waals surface area contributed by atoms with E-state index in [9.17, 15) is 4.79 Å². The SMILES string of the molecule is COC(=O)c1ccc(O[C@H]2CN[C@@H]2C)cn1.Cl. The second-order valence-electron chi connectivity index (χ2n) is 3.72. The summed E-state index contributed by atoms with van der Waals surface area (Å²) >= 11 is 0. The second kappa shape index (κ2) is 5.84. The molecule has 1 aliphatic rings. The Balaban J connectivity index is 0.00000144. The largest absolute Gasteiger partial charge is 0.486 e. The number of rotatable bonds is 3. The summed E-state index contributed by atoms with van der Waals surface area (Å²) < 4.78 is 10.2. The first-order chi connectivity index (χ1) is 7.70. The Kier molecular flexibility index (Phi) is 4.72. The number of halogens is 1. The fourth-order valence-electron chi connectivity index (χ4n) is 1.44. The third kappa shape index (κ3) is 3.08. The number of pyridine rings is 1. The second-order valence-corrected chi connectivity index (χ2v) is 3.72. The molecule has 0 bridgehead atoms. The van der Waals surface area contributed by atoms with E-state index in [-0.39, 0.29) is 24.2 Å². The van der Waals surface area contributed by atoms with E-state index in [1.165, 1.54) is 13.3 Å². The molecule has 94 valence electrons. The van der Waals surface area contributed by atoms with E-state index in [1.807, 2.05) is 0 Å². The molecule has 2 rings (SSSR count). The van der Waals surface area contributed by atoms with E-state index in [0.717, 1.165) is 6.54 Å². The molecule has 0 amide bonds. The van der Waals surface area contributed by atoms with E-state index < -0.39 is 5.97 Å². The average molecular weight is 259 g/mol. The van der Waals surface area contributed by atoms with Crippen molar-refractivity contribution in [1.82, 2.24) is 10.3 Å². The van der Waals surface area contributed by atoms with Gasteiger partial charge in [-0.3, -0.25) is 0 Å². The van der Waals surface area contributed by atoms with Crippen LogP contribution in [0.1, 0.15) is 17.4 Å². The minimum Gasteiger partial charge on any atom is -0.486 e. The van der Waals surface area contributed by atoms with Crippen molar-refractivity contribution in [2.45, 2.75) is 19.1 Å². The van der Waals surface area contributed by atoms with Crippen LogP contribution in [0.15, 0.2) is 18.3 Å². The number of aromatic nitrogens is 1. The highest BCUT2D eigenvalue weighted by molar-refractivity contribution is 5.87. The van der Waals surface area contributed by atoms with E-state index in [4.69, 9.17) is 4.74 Å². The lowest BCUT2D eigenvalue weighted by Crippen LogP contribution is -2.58. The summed E-state index contributed by atoms with van der Waals surface area (Å²) in [7, 11) is 1.33. The summed E-state index contributed by atoms with van der Waals surface area (Å²) in [4.78, 5) is 15.1. The van der Waals surface area contributed by atoms with Crippen LogP contribution in [0, 0.1) is 0 Å². The molecule has 0 aliphatic carbocycles. The fourth-order valence-corrected chi connectivity index (χ4v) is 1.44. The van der Waals surface area contributed by atoms with Gasteiger partial charge in [-0.25, -0.2) is 9.78 Å². The smallest absolute Gasteiger partial charge is 0.356 e. The van der Waals surface area contributed by atoms with Gasteiger partial charge in [-0.1, -0.05) is 0 Å². The Bertz CT molecular complexity index is 383. The first-order valence-electron chi connectivity index (χ1n) is 5.15. The molecule has 0 unspecified atom stereocenters. The minimum absolute atomic E-state index is 0. The third-order valence-corrected chi connectivity index (χ3v) is 2.62. The number of ether oxygens (including phenoxy) is 2. The van der Waals surface area contributed by atoms with Crippen LogP contribution in [-0.2, 0) is 4.74 Å². The summed E-state index contributed by atoms with van der Waals surface area (Å²) in [6.07, 6.45) is 1.72. The van der Waals surface area contributed by atoms with Gasteiger partial charge in [0.25, 0.3) is 0 Å². The quantitative estimate of drug-likeness (QED) is 0.821. The molecule has 0 spiro atoms. The summed E-state index contributed by atoms with van der Waals surface area (Å²) in [5.41, 5.74) is 0.287. The molecule has 1 aliphatic heterocycles. The molecule has 2 heterocycles. The molecule has 5 nitrogen and oxygen atoms in total. The molecule has 1 aromatic rings. The first kappa shape index (κ1) is 13.7. The molecular formula is C11H15ClN2O3. The summed E-state index contributed by atoms with van der Waals surface area (Å²) in [6, 6.07) is 3.68. The summed E-state index contributed by atoms with van der Waals surface area (Å²) in [6.45, 7) is 2.91. The molecule has 1 saturated heterocycles. The lowest BCUT2D eigenvalue weighted by atomic mass is 10.1. The molecule has 1 aromatic heterocycles. The summed E-state index contributed by atoms with van der Waals surface area (Å²) in [5, 5.41) is 3.20. The van der Waals surface area contributed by atoms with Gasteiger partial charge in [0.05, 0.1) is 13.3 Å². The molecule has 1 N–H and O–H groups in total. The zero-order valence-electron chi connectivity index (χ0n) is 9.67. The maximum absolute atomic E-state index is 11.1. The van der Waals surface area contributed by atoms with Crippen LogP contribution in [0.25, 0.3) is 0 Å². The van der Waals surface area contributed by atoms with E-state index in [1.54, 1.807) is 12.1 Å². The topological polar surface area (TPSA) is 60.5 Å². The molecule has 2 atom stereocenters. The molecular weight excluding hydrogens is 244 g/mol. The number of esters is 1. The first-order valence-corrected chi connectivity index (χ1v) is 5.15. The van der Waals surface area contributed by atoms with Crippen molar-refractivity contribution in [2.75, 3.05) is 13.7 Å². The fraction of sp³-hybridized carbons (Fsp3) is 0.455. The monoisotopic (exact) mass is 258 g/mol. The minimum atomic E-state index is -0.440. The van der Waals surface area contributed by atoms with Gasteiger partial charge in [-0.05, 0) is 19.1 Å². The predicted octanol–water partition coefficient (Wildman–Crippen LogP) is 1.03. The van der Waals surface area contributed by atoms with Crippen LogP contribution in [0.3, 0.4) is 0 Å². The zero-order chi connectivity index (χ0) is 11.5. The Morgan fingerprint density at radius 2 is 2.29 bits per heavy atom. The van der Waals surface area contributed by atoms with Crippen molar-refractivity contribution in [3.8, 4) is 5.75 Å². The Hall–Kier alpha value is -1.33. The average Bonchev–Trinajstić information content (AvgIpc) is 2.34. The maximum atomic E-state index is 11.1.